The van der Waals surface area contributed by atoms with Gasteiger partial charge in [0.15, 0.2) is 0 Å². The summed E-state index contributed by atoms with van der Waals surface area (Å²) in [5.41, 5.74) is 2.08. The zero-order valence-electron chi connectivity index (χ0n) is 27.6. The highest BCUT2D eigenvalue weighted by Gasteiger charge is 2.37. The topological polar surface area (TPSA) is 45.6 Å². The van der Waals surface area contributed by atoms with Crippen molar-refractivity contribution in [3.05, 3.63) is 41.6 Å². The normalized spacial score (nSPS) is 31.3. The zero-order chi connectivity index (χ0) is 30.4. The van der Waals surface area contributed by atoms with Crippen LogP contribution in [0, 0.1) is 5.92 Å². The molecule has 5 heteroatoms. The third-order valence-corrected chi connectivity index (χ3v) is 5.24. The molecule has 1 aromatic heterocycles. The lowest BCUT2D eigenvalue weighted by molar-refractivity contribution is -0.134. The van der Waals surface area contributed by atoms with E-state index in [4.69, 9.17) is 17.8 Å². The maximum absolute atomic E-state index is 13.9. The summed E-state index contributed by atoms with van der Waals surface area (Å²) >= 11 is 0. The van der Waals surface area contributed by atoms with E-state index >= 15 is 0 Å². The first-order chi connectivity index (χ1) is 18.0. The van der Waals surface area contributed by atoms with Crippen LogP contribution in [0.15, 0.2) is 30.5 Å². The number of likely N-dealkylation sites (N-methyl/N-ethyl adjacent to an activating group) is 1. The molecular formula is C22H27N3O2. The molecule has 0 saturated heterocycles. The van der Waals surface area contributed by atoms with Gasteiger partial charge < -0.3 is 4.90 Å². The van der Waals surface area contributed by atoms with Gasteiger partial charge in [-0.1, -0.05) is 18.2 Å². The summed E-state index contributed by atoms with van der Waals surface area (Å²) in [4.78, 5) is 26.7. The lowest BCUT2D eigenvalue weighted by Gasteiger charge is -2.40. The molecule has 2 aromatic rings. The lowest BCUT2D eigenvalue weighted by Crippen LogP contribution is -2.47. The minimum atomic E-state index is -3.76. The number of amides is 1. The SMILES string of the molecule is [2H]C([2H])([2H])N1C[C@H](C(=O)N(C([2H])([2H])C([2H])([2H])[2H])C([2H])([2H])C([2H])([2H])[2H])C=C2c3cccc4c3c(cn4C(C)=O)C[C@H]21. The van der Waals surface area contributed by atoms with E-state index < -0.39 is 63.0 Å². The van der Waals surface area contributed by atoms with E-state index in [-0.39, 0.29) is 12.3 Å². The van der Waals surface area contributed by atoms with Crippen LogP contribution in [0.4, 0.5) is 0 Å². The van der Waals surface area contributed by atoms with E-state index in [1.807, 2.05) is 0 Å². The van der Waals surface area contributed by atoms with Crippen LogP contribution in [0.1, 0.15) is 54.4 Å². The molecule has 0 bridgehead atoms. The molecule has 27 heavy (non-hydrogen) atoms. The van der Waals surface area contributed by atoms with Crippen LogP contribution in [-0.4, -0.2) is 58.7 Å². The lowest BCUT2D eigenvalue weighted by atomic mass is 9.79. The Bertz CT molecular complexity index is 1380. The Morgan fingerprint density at radius 2 is 2.15 bits per heavy atom. The fourth-order valence-corrected chi connectivity index (χ4v) is 4.06. The Hall–Kier alpha value is -2.40. The second-order valence-corrected chi connectivity index (χ2v) is 6.74. The van der Waals surface area contributed by atoms with Gasteiger partial charge in [-0.25, -0.2) is 0 Å². The minimum Gasteiger partial charge on any atom is -0.343 e. The average Bonchev–Trinajstić information content (AvgIpc) is 3.16. The van der Waals surface area contributed by atoms with Gasteiger partial charge in [-0.15, -0.1) is 0 Å². The molecule has 0 fully saturated rings. The summed E-state index contributed by atoms with van der Waals surface area (Å²) in [6, 6.07) is 4.20. The fourth-order valence-electron chi connectivity index (χ4n) is 4.06. The van der Waals surface area contributed by atoms with Crippen molar-refractivity contribution in [3.63, 3.8) is 0 Å². The third-order valence-electron chi connectivity index (χ3n) is 5.24. The molecule has 1 aliphatic heterocycles. The summed E-state index contributed by atoms with van der Waals surface area (Å²) in [5.74, 6) is -3.42. The van der Waals surface area contributed by atoms with Crippen LogP contribution in [0.5, 0.6) is 0 Å². The first-order valence-electron chi connectivity index (χ1n) is 15.0. The first-order valence-corrected chi connectivity index (χ1v) is 8.48. The minimum absolute atomic E-state index is 0.148. The highest BCUT2D eigenvalue weighted by molar-refractivity contribution is 6.03. The fraction of sp³-hybridized carbons (Fsp3) is 0.455. The number of rotatable bonds is 3. The maximum Gasteiger partial charge on any atom is 0.230 e. The monoisotopic (exact) mass is 378 g/mol. The third kappa shape index (κ3) is 2.72. The predicted molar refractivity (Wildman–Crippen MR) is 108 cm³/mol. The summed E-state index contributed by atoms with van der Waals surface area (Å²) in [6.07, 6.45) is 3.10. The van der Waals surface area contributed by atoms with Crippen LogP contribution < -0.4 is 0 Å². The largest absolute Gasteiger partial charge is 0.343 e. The van der Waals surface area contributed by atoms with Crippen LogP contribution in [0.25, 0.3) is 16.5 Å². The van der Waals surface area contributed by atoms with E-state index in [2.05, 4.69) is 0 Å². The summed E-state index contributed by atoms with van der Waals surface area (Å²) in [7, 11) is 0. The molecule has 5 nitrogen and oxygen atoms in total. The van der Waals surface area contributed by atoms with Crippen molar-refractivity contribution < 1.29 is 27.4 Å². The molecule has 4 rings (SSSR count). The van der Waals surface area contributed by atoms with Gasteiger partial charge in [-0.2, -0.15) is 0 Å². The number of carbonyl (C=O) groups excluding carboxylic acids is 2. The maximum atomic E-state index is 13.9. The Labute approximate surface area is 178 Å². The van der Waals surface area contributed by atoms with Gasteiger partial charge in [0.1, 0.15) is 0 Å². The van der Waals surface area contributed by atoms with Gasteiger partial charge in [-0.05, 0) is 49.9 Å². The van der Waals surface area contributed by atoms with Crippen molar-refractivity contribution in [1.82, 2.24) is 14.4 Å². The van der Waals surface area contributed by atoms with Crippen molar-refractivity contribution >= 4 is 28.3 Å². The van der Waals surface area contributed by atoms with E-state index in [0.717, 1.165) is 4.90 Å². The standard InChI is InChI=1S/C22H27N3O2/c1-5-24(6-2)22(27)16-10-18-17-8-7-9-19-21(17)15(13-25(19)14(3)26)11-20(18)23(4)12-16/h7-10,13,16,20H,5-6,11-12H2,1-4H3/t16-,20-/m1/s1/i1D3,2D3,4D3,5D2,6D2. The second-order valence-electron chi connectivity index (χ2n) is 6.74. The molecule has 2 atom stereocenters. The van der Waals surface area contributed by atoms with Gasteiger partial charge in [-0.3, -0.25) is 19.1 Å². The molecule has 2 aliphatic rings. The van der Waals surface area contributed by atoms with Gasteiger partial charge >= 0.3 is 0 Å². The van der Waals surface area contributed by atoms with Gasteiger partial charge in [0.2, 0.25) is 11.8 Å². The van der Waals surface area contributed by atoms with E-state index in [0.29, 0.717) is 27.6 Å². The quantitative estimate of drug-likeness (QED) is 0.825. The molecule has 142 valence electrons. The van der Waals surface area contributed by atoms with Crippen molar-refractivity contribution in [2.45, 2.75) is 33.1 Å². The van der Waals surface area contributed by atoms with E-state index in [9.17, 15) is 9.59 Å². The molecule has 2 heterocycles. The highest BCUT2D eigenvalue weighted by Crippen LogP contribution is 2.41. The molecule has 1 aromatic carbocycles. The van der Waals surface area contributed by atoms with Crippen LogP contribution in [-0.2, 0) is 11.2 Å². The second kappa shape index (κ2) is 6.64. The molecule has 0 unspecified atom stereocenters. The Kier molecular flexibility index (Phi) is 2.04. The number of hydrogen-bond acceptors (Lipinski definition) is 3. The van der Waals surface area contributed by atoms with Crippen LogP contribution in [0.3, 0.4) is 0 Å². The number of nitrogens with zero attached hydrogens (tertiary/aromatic N) is 3. The molecule has 0 spiro atoms. The number of benzene rings is 1. The van der Waals surface area contributed by atoms with Crippen LogP contribution in [0.2, 0.25) is 0 Å². The zero-order valence-corrected chi connectivity index (χ0v) is 14.6. The number of aromatic nitrogens is 1. The van der Waals surface area contributed by atoms with E-state index in [1.54, 1.807) is 24.4 Å². The Morgan fingerprint density at radius 3 is 2.85 bits per heavy atom. The van der Waals surface area contributed by atoms with Crippen molar-refractivity contribution in [3.8, 4) is 0 Å². The van der Waals surface area contributed by atoms with Crippen molar-refractivity contribution in [1.29, 1.82) is 0 Å². The smallest absolute Gasteiger partial charge is 0.230 e. The van der Waals surface area contributed by atoms with Crippen molar-refractivity contribution in [2.75, 3.05) is 26.5 Å². The Balaban J connectivity index is 1.94. The molecule has 1 aliphatic carbocycles. The highest BCUT2D eigenvalue weighted by atomic mass is 16.2. The molecule has 0 saturated carbocycles. The average molecular weight is 379 g/mol. The molecule has 0 radical (unpaired) electrons. The number of fused-ring (bicyclic) bond motifs is 2. The number of hydrogen-bond donors (Lipinski definition) is 0. The van der Waals surface area contributed by atoms with Gasteiger partial charge in [0.05, 0.1) is 11.4 Å². The molecule has 1 amide bonds. The van der Waals surface area contributed by atoms with Crippen molar-refractivity contribution in [2.24, 2.45) is 5.92 Å². The van der Waals surface area contributed by atoms with Gasteiger partial charge in [0.25, 0.3) is 0 Å². The summed E-state index contributed by atoms with van der Waals surface area (Å²) < 4.78 is 104. The summed E-state index contributed by atoms with van der Waals surface area (Å²) in [6.45, 7) is -16.8. The molecular weight excluding hydrogens is 338 g/mol. The first kappa shape index (κ1) is 8.31. The Morgan fingerprint density at radius 1 is 1.33 bits per heavy atom. The molecule has 0 N–H and O–H groups in total. The van der Waals surface area contributed by atoms with Crippen LogP contribution >= 0.6 is 0 Å². The van der Waals surface area contributed by atoms with E-state index in [1.165, 1.54) is 17.6 Å². The summed E-state index contributed by atoms with van der Waals surface area (Å²) in [5, 5.41) is 0.645. The number of carbonyl (C=O) groups is 2. The van der Waals surface area contributed by atoms with Gasteiger partial charge in [0, 0.05) is 61.9 Å². The predicted octanol–water partition coefficient (Wildman–Crippen LogP) is 3.04.